The van der Waals surface area contributed by atoms with Gasteiger partial charge < -0.3 is 4.90 Å². The van der Waals surface area contributed by atoms with E-state index in [0.717, 1.165) is 11.3 Å². The summed E-state index contributed by atoms with van der Waals surface area (Å²) in [4.78, 5) is 12.1. The molecule has 0 aromatic heterocycles. The standard InChI is InChI=1S/C9H13N3O2/c1-7-4-5-8(10-12(13)14)6-9(7)11(2)3/h4-6,10H,1-3H3. The van der Waals surface area contributed by atoms with Crippen molar-refractivity contribution in [2.45, 2.75) is 6.92 Å². The lowest BCUT2D eigenvalue weighted by Crippen LogP contribution is -2.12. The summed E-state index contributed by atoms with van der Waals surface area (Å²) >= 11 is 0. The summed E-state index contributed by atoms with van der Waals surface area (Å²) in [6.07, 6.45) is 0. The molecule has 5 nitrogen and oxygen atoms in total. The lowest BCUT2D eigenvalue weighted by Gasteiger charge is -2.15. The summed E-state index contributed by atoms with van der Waals surface area (Å²) in [6.45, 7) is 1.96. The Bertz CT molecular complexity index is 350. The van der Waals surface area contributed by atoms with Crippen LogP contribution < -0.4 is 10.3 Å². The van der Waals surface area contributed by atoms with Crippen molar-refractivity contribution in [2.24, 2.45) is 0 Å². The van der Waals surface area contributed by atoms with E-state index in [1.807, 2.05) is 32.0 Å². The largest absolute Gasteiger partial charge is 0.377 e. The lowest BCUT2D eigenvalue weighted by molar-refractivity contribution is -0.445. The van der Waals surface area contributed by atoms with Gasteiger partial charge in [-0.1, -0.05) is 6.07 Å². The van der Waals surface area contributed by atoms with Gasteiger partial charge in [0.1, 0.15) is 5.69 Å². The Balaban J connectivity index is 3.00. The number of rotatable bonds is 3. The second kappa shape index (κ2) is 3.95. The van der Waals surface area contributed by atoms with E-state index in [1.165, 1.54) is 0 Å². The number of hydrogen-bond acceptors (Lipinski definition) is 3. The first-order chi connectivity index (χ1) is 6.50. The molecule has 0 radical (unpaired) electrons. The molecule has 14 heavy (non-hydrogen) atoms. The quantitative estimate of drug-likeness (QED) is 0.588. The highest BCUT2D eigenvalue weighted by Crippen LogP contribution is 2.22. The van der Waals surface area contributed by atoms with Crippen molar-refractivity contribution in [3.05, 3.63) is 33.9 Å². The summed E-state index contributed by atoms with van der Waals surface area (Å²) in [5, 5.41) is 9.65. The van der Waals surface area contributed by atoms with Crippen LogP contribution in [0.15, 0.2) is 18.2 Å². The Labute approximate surface area is 82.5 Å². The van der Waals surface area contributed by atoms with Gasteiger partial charge in [0, 0.05) is 19.8 Å². The fraction of sp³-hybridized carbons (Fsp3) is 0.333. The number of nitrogens with zero attached hydrogens (tertiary/aromatic N) is 2. The highest BCUT2D eigenvalue weighted by Gasteiger charge is 2.04. The molecule has 0 saturated heterocycles. The van der Waals surface area contributed by atoms with E-state index in [9.17, 15) is 10.1 Å². The zero-order valence-corrected chi connectivity index (χ0v) is 8.44. The third kappa shape index (κ3) is 2.35. The van der Waals surface area contributed by atoms with Gasteiger partial charge in [-0.15, -0.1) is 5.43 Å². The zero-order chi connectivity index (χ0) is 10.7. The number of nitrogens with one attached hydrogen (secondary N) is 1. The van der Waals surface area contributed by atoms with Gasteiger partial charge in [0.05, 0.1) is 0 Å². The number of nitro groups is 1. The Hall–Kier alpha value is -1.78. The molecule has 0 fully saturated rings. The van der Waals surface area contributed by atoms with Crippen LogP contribution in [0.1, 0.15) is 5.56 Å². The molecule has 5 heteroatoms. The predicted molar refractivity (Wildman–Crippen MR) is 56.1 cm³/mol. The van der Waals surface area contributed by atoms with Gasteiger partial charge in [0.25, 0.3) is 0 Å². The Morgan fingerprint density at radius 3 is 2.57 bits per heavy atom. The van der Waals surface area contributed by atoms with Crippen LogP contribution in [0.4, 0.5) is 11.4 Å². The van der Waals surface area contributed by atoms with Crippen molar-refractivity contribution < 1.29 is 5.03 Å². The smallest absolute Gasteiger partial charge is 0.162 e. The van der Waals surface area contributed by atoms with Gasteiger partial charge in [0.2, 0.25) is 0 Å². The molecule has 0 heterocycles. The van der Waals surface area contributed by atoms with Crippen molar-refractivity contribution in [1.29, 1.82) is 0 Å². The van der Waals surface area contributed by atoms with Gasteiger partial charge in [-0.05, 0) is 24.6 Å². The molecular formula is C9H13N3O2. The van der Waals surface area contributed by atoms with Crippen LogP contribution in [-0.2, 0) is 0 Å². The van der Waals surface area contributed by atoms with Gasteiger partial charge in [0.15, 0.2) is 5.03 Å². The Morgan fingerprint density at radius 2 is 2.07 bits per heavy atom. The van der Waals surface area contributed by atoms with Gasteiger partial charge >= 0.3 is 0 Å². The van der Waals surface area contributed by atoms with Crippen LogP contribution in [0.25, 0.3) is 0 Å². The van der Waals surface area contributed by atoms with E-state index in [2.05, 4.69) is 5.43 Å². The molecule has 1 aromatic carbocycles. The van der Waals surface area contributed by atoms with Crippen LogP contribution in [0.2, 0.25) is 0 Å². The third-order valence-corrected chi connectivity index (χ3v) is 1.91. The molecule has 0 aliphatic heterocycles. The Morgan fingerprint density at radius 1 is 1.43 bits per heavy atom. The lowest BCUT2D eigenvalue weighted by atomic mass is 10.1. The topological polar surface area (TPSA) is 58.4 Å². The first-order valence-electron chi connectivity index (χ1n) is 4.19. The maximum atomic E-state index is 10.2. The Kier molecular flexibility index (Phi) is 2.91. The van der Waals surface area contributed by atoms with Crippen LogP contribution in [-0.4, -0.2) is 19.1 Å². The molecule has 1 aromatic rings. The number of benzene rings is 1. The average Bonchev–Trinajstić information content (AvgIpc) is 2.07. The summed E-state index contributed by atoms with van der Waals surface area (Å²) < 4.78 is 0. The monoisotopic (exact) mass is 195 g/mol. The van der Waals surface area contributed by atoms with E-state index in [4.69, 9.17) is 0 Å². The molecule has 0 amide bonds. The zero-order valence-electron chi connectivity index (χ0n) is 8.44. The van der Waals surface area contributed by atoms with Crippen LogP contribution in [0.3, 0.4) is 0 Å². The minimum absolute atomic E-state index is 0.490. The molecule has 1 rings (SSSR count). The second-order valence-corrected chi connectivity index (χ2v) is 3.26. The molecule has 0 aliphatic carbocycles. The molecule has 0 unspecified atom stereocenters. The normalized spacial score (nSPS) is 9.64. The molecule has 1 N–H and O–H groups in total. The van der Waals surface area contributed by atoms with E-state index >= 15 is 0 Å². The van der Waals surface area contributed by atoms with Crippen LogP contribution >= 0.6 is 0 Å². The highest BCUT2D eigenvalue weighted by atomic mass is 16.7. The maximum Gasteiger partial charge on any atom is 0.162 e. The minimum atomic E-state index is -0.565. The summed E-state index contributed by atoms with van der Waals surface area (Å²) in [6, 6.07) is 5.28. The van der Waals surface area contributed by atoms with Gasteiger partial charge in [-0.3, -0.25) is 0 Å². The van der Waals surface area contributed by atoms with Crippen molar-refractivity contribution in [3.8, 4) is 0 Å². The van der Waals surface area contributed by atoms with Crippen molar-refractivity contribution >= 4 is 11.4 Å². The van der Waals surface area contributed by atoms with E-state index in [0.29, 0.717) is 5.69 Å². The number of hydrazine groups is 1. The van der Waals surface area contributed by atoms with Gasteiger partial charge in [-0.25, -0.2) is 10.1 Å². The summed E-state index contributed by atoms with van der Waals surface area (Å²) in [5.41, 5.74) is 4.67. The molecule has 0 saturated carbocycles. The van der Waals surface area contributed by atoms with E-state index < -0.39 is 5.03 Å². The maximum absolute atomic E-state index is 10.2. The molecule has 0 bridgehead atoms. The summed E-state index contributed by atoms with van der Waals surface area (Å²) in [7, 11) is 3.80. The highest BCUT2D eigenvalue weighted by molar-refractivity contribution is 5.61. The summed E-state index contributed by atoms with van der Waals surface area (Å²) in [5.74, 6) is 0. The van der Waals surface area contributed by atoms with Gasteiger partial charge in [-0.2, -0.15) is 0 Å². The second-order valence-electron chi connectivity index (χ2n) is 3.26. The van der Waals surface area contributed by atoms with Crippen LogP contribution in [0, 0.1) is 17.0 Å². The third-order valence-electron chi connectivity index (χ3n) is 1.91. The first-order valence-corrected chi connectivity index (χ1v) is 4.19. The number of anilines is 2. The number of aryl methyl sites for hydroxylation is 1. The van der Waals surface area contributed by atoms with E-state index in [-0.39, 0.29) is 0 Å². The first kappa shape index (κ1) is 10.3. The SMILES string of the molecule is Cc1ccc(N[N+](=O)[O-])cc1N(C)C. The minimum Gasteiger partial charge on any atom is -0.377 e. The van der Waals surface area contributed by atoms with Crippen molar-refractivity contribution in [1.82, 2.24) is 0 Å². The molecule has 76 valence electrons. The molecular weight excluding hydrogens is 182 g/mol. The van der Waals surface area contributed by atoms with E-state index in [1.54, 1.807) is 12.1 Å². The molecule has 0 aliphatic rings. The molecule has 0 spiro atoms. The van der Waals surface area contributed by atoms with Crippen molar-refractivity contribution in [2.75, 3.05) is 24.4 Å². The van der Waals surface area contributed by atoms with Crippen LogP contribution in [0.5, 0.6) is 0 Å². The number of hydrogen-bond donors (Lipinski definition) is 1. The average molecular weight is 195 g/mol. The molecule has 0 atom stereocenters. The fourth-order valence-electron chi connectivity index (χ4n) is 1.27. The van der Waals surface area contributed by atoms with Crippen molar-refractivity contribution in [3.63, 3.8) is 0 Å². The predicted octanol–water partition coefficient (Wildman–Crippen LogP) is 1.66. The fourth-order valence-corrected chi connectivity index (χ4v) is 1.27.